The van der Waals surface area contributed by atoms with Crippen LogP contribution < -0.4 is 15.2 Å². The minimum absolute atomic E-state index is 0.439. The molecule has 0 aliphatic heterocycles. The van der Waals surface area contributed by atoms with E-state index in [0.29, 0.717) is 36.0 Å². The van der Waals surface area contributed by atoms with Crippen LogP contribution in [0.4, 0.5) is 5.69 Å². The Kier molecular flexibility index (Phi) is 3.81. The van der Waals surface area contributed by atoms with E-state index in [1.807, 2.05) is 19.9 Å². The van der Waals surface area contributed by atoms with Crippen molar-refractivity contribution in [2.24, 2.45) is 0 Å². The monoisotopic (exact) mass is 206 g/mol. The molecule has 0 aromatic heterocycles. The maximum absolute atomic E-state index is 8.90. The van der Waals surface area contributed by atoms with Crippen LogP contribution >= 0.6 is 0 Å². The molecule has 0 aliphatic carbocycles. The van der Waals surface area contributed by atoms with Crippen molar-refractivity contribution in [2.75, 3.05) is 18.9 Å². The molecule has 1 aromatic carbocycles. The van der Waals surface area contributed by atoms with E-state index in [-0.39, 0.29) is 0 Å². The Labute approximate surface area is 89.2 Å². The molecule has 1 rings (SSSR count). The molecule has 0 saturated carbocycles. The van der Waals surface area contributed by atoms with Gasteiger partial charge in [0.1, 0.15) is 17.6 Å². The molecule has 0 aliphatic rings. The van der Waals surface area contributed by atoms with Gasteiger partial charge in [0.2, 0.25) is 0 Å². The van der Waals surface area contributed by atoms with Crippen LogP contribution in [0.25, 0.3) is 0 Å². The van der Waals surface area contributed by atoms with Gasteiger partial charge in [-0.25, -0.2) is 0 Å². The lowest BCUT2D eigenvalue weighted by Crippen LogP contribution is -2.00. The Bertz CT molecular complexity index is 383. The maximum Gasteiger partial charge on any atom is 0.143 e. The zero-order chi connectivity index (χ0) is 11.3. The molecule has 2 N–H and O–H groups in total. The second-order valence-electron chi connectivity index (χ2n) is 2.86. The van der Waals surface area contributed by atoms with Crippen LogP contribution in [0.5, 0.6) is 11.5 Å². The minimum atomic E-state index is 0.439. The first-order valence-corrected chi connectivity index (χ1v) is 4.82. The highest BCUT2D eigenvalue weighted by molar-refractivity contribution is 5.62. The molecule has 4 heteroatoms. The summed E-state index contributed by atoms with van der Waals surface area (Å²) in [5.41, 5.74) is 6.67. The Hall–Kier alpha value is -1.89. The summed E-state index contributed by atoms with van der Waals surface area (Å²) < 4.78 is 10.6. The lowest BCUT2D eigenvalue weighted by molar-refractivity contribution is 0.331. The average molecular weight is 206 g/mol. The number of nitrogens with zero attached hydrogens (tertiary/aromatic N) is 1. The molecule has 15 heavy (non-hydrogen) atoms. The van der Waals surface area contributed by atoms with Crippen LogP contribution in [0, 0.1) is 11.3 Å². The van der Waals surface area contributed by atoms with Crippen LogP contribution in [0.1, 0.15) is 19.4 Å². The number of nitrogen functional groups attached to an aromatic ring is 1. The van der Waals surface area contributed by atoms with Crippen molar-refractivity contribution >= 4 is 5.69 Å². The van der Waals surface area contributed by atoms with Crippen molar-refractivity contribution < 1.29 is 9.47 Å². The third kappa shape index (κ3) is 2.53. The highest BCUT2D eigenvalue weighted by Gasteiger charge is 2.09. The van der Waals surface area contributed by atoms with Gasteiger partial charge in [-0.3, -0.25) is 0 Å². The van der Waals surface area contributed by atoms with E-state index in [0.717, 1.165) is 0 Å². The van der Waals surface area contributed by atoms with Crippen LogP contribution in [0.3, 0.4) is 0 Å². The number of hydrogen-bond donors (Lipinski definition) is 1. The second-order valence-corrected chi connectivity index (χ2v) is 2.86. The van der Waals surface area contributed by atoms with Crippen LogP contribution in [0.15, 0.2) is 12.1 Å². The normalized spacial score (nSPS) is 9.40. The summed E-state index contributed by atoms with van der Waals surface area (Å²) in [7, 11) is 0. The highest BCUT2D eigenvalue weighted by Crippen LogP contribution is 2.30. The molecular formula is C11H14N2O2. The maximum atomic E-state index is 8.90. The van der Waals surface area contributed by atoms with Gasteiger partial charge in [-0.05, 0) is 13.8 Å². The first-order chi connectivity index (χ1) is 7.22. The molecule has 0 saturated heterocycles. The van der Waals surface area contributed by atoms with Gasteiger partial charge in [0.15, 0.2) is 0 Å². The van der Waals surface area contributed by atoms with Gasteiger partial charge >= 0.3 is 0 Å². The average Bonchev–Trinajstić information content (AvgIpc) is 2.22. The fourth-order valence-electron chi connectivity index (χ4n) is 1.22. The number of rotatable bonds is 4. The van der Waals surface area contributed by atoms with Gasteiger partial charge < -0.3 is 15.2 Å². The quantitative estimate of drug-likeness (QED) is 0.764. The van der Waals surface area contributed by atoms with E-state index in [1.54, 1.807) is 12.1 Å². The summed E-state index contributed by atoms with van der Waals surface area (Å²) in [6.45, 7) is 4.74. The Balaban J connectivity index is 3.12. The molecule has 0 atom stereocenters. The predicted octanol–water partition coefficient (Wildman–Crippen LogP) is 1.94. The number of benzene rings is 1. The second kappa shape index (κ2) is 5.11. The summed E-state index contributed by atoms with van der Waals surface area (Å²) in [4.78, 5) is 0. The largest absolute Gasteiger partial charge is 0.492 e. The van der Waals surface area contributed by atoms with E-state index < -0.39 is 0 Å². The van der Waals surface area contributed by atoms with E-state index >= 15 is 0 Å². The highest BCUT2D eigenvalue weighted by atomic mass is 16.5. The minimum Gasteiger partial charge on any atom is -0.492 e. The summed E-state index contributed by atoms with van der Waals surface area (Å²) in [5.74, 6) is 1.03. The third-order valence-corrected chi connectivity index (χ3v) is 1.83. The van der Waals surface area contributed by atoms with Crippen LogP contribution in [0.2, 0.25) is 0 Å². The number of hydrogen-bond acceptors (Lipinski definition) is 4. The van der Waals surface area contributed by atoms with Crippen molar-refractivity contribution in [2.45, 2.75) is 13.8 Å². The van der Waals surface area contributed by atoms with Gasteiger partial charge in [-0.1, -0.05) is 0 Å². The van der Waals surface area contributed by atoms with Crippen molar-refractivity contribution in [1.82, 2.24) is 0 Å². The number of ether oxygens (including phenoxy) is 2. The summed E-state index contributed by atoms with van der Waals surface area (Å²) in [5, 5.41) is 8.90. The molecular weight excluding hydrogens is 192 g/mol. The van der Waals surface area contributed by atoms with E-state index in [4.69, 9.17) is 20.5 Å². The fraction of sp³-hybridized carbons (Fsp3) is 0.364. The Morgan fingerprint density at radius 1 is 1.20 bits per heavy atom. The molecule has 0 fully saturated rings. The fourth-order valence-corrected chi connectivity index (χ4v) is 1.22. The zero-order valence-electron chi connectivity index (χ0n) is 8.91. The molecule has 0 amide bonds. The number of nitrogens with two attached hydrogens (primary N) is 1. The molecule has 80 valence electrons. The lowest BCUT2D eigenvalue weighted by Gasteiger charge is -2.10. The first-order valence-electron chi connectivity index (χ1n) is 4.82. The molecule has 0 heterocycles. The Morgan fingerprint density at radius 3 is 2.33 bits per heavy atom. The van der Waals surface area contributed by atoms with E-state index in [2.05, 4.69) is 0 Å². The topological polar surface area (TPSA) is 68.3 Å². The van der Waals surface area contributed by atoms with Crippen molar-refractivity contribution in [3.8, 4) is 17.6 Å². The van der Waals surface area contributed by atoms with Gasteiger partial charge in [-0.15, -0.1) is 0 Å². The Morgan fingerprint density at radius 2 is 1.80 bits per heavy atom. The smallest absolute Gasteiger partial charge is 0.143 e. The number of nitriles is 1. The predicted molar refractivity (Wildman–Crippen MR) is 57.9 cm³/mol. The molecule has 0 unspecified atom stereocenters. The first kappa shape index (κ1) is 11.2. The summed E-state index contributed by atoms with van der Waals surface area (Å²) >= 11 is 0. The van der Waals surface area contributed by atoms with Crippen molar-refractivity contribution in [3.63, 3.8) is 0 Å². The van der Waals surface area contributed by atoms with Crippen LogP contribution in [-0.4, -0.2) is 13.2 Å². The van der Waals surface area contributed by atoms with Crippen molar-refractivity contribution in [1.29, 1.82) is 5.26 Å². The molecule has 0 bridgehead atoms. The van der Waals surface area contributed by atoms with Crippen LogP contribution in [-0.2, 0) is 0 Å². The molecule has 1 aromatic rings. The van der Waals surface area contributed by atoms with Gasteiger partial charge in [0.25, 0.3) is 0 Å². The standard InChI is InChI=1S/C11H14N2O2/c1-3-14-10-6-9(13)11(15-4-2)5-8(10)7-12/h5-6H,3-4,13H2,1-2H3. The van der Waals surface area contributed by atoms with Gasteiger partial charge in [0, 0.05) is 12.1 Å². The lowest BCUT2D eigenvalue weighted by atomic mass is 10.2. The zero-order valence-corrected chi connectivity index (χ0v) is 8.91. The number of anilines is 1. The summed E-state index contributed by atoms with van der Waals surface area (Å²) in [6, 6.07) is 5.26. The van der Waals surface area contributed by atoms with E-state index in [9.17, 15) is 0 Å². The van der Waals surface area contributed by atoms with Gasteiger partial charge in [0.05, 0.1) is 24.5 Å². The van der Waals surface area contributed by atoms with E-state index in [1.165, 1.54) is 0 Å². The van der Waals surface area contributed by atoms with Crippen molar-refractivity contribution in [3.05, 3.63) is 17.7 Å². The SMILES string of the molecule is CCOc1cc(C#N)c(OCC)cc1N. The molecule has 0 spiro atoms. The van der Waals surface area contributed by atoms with Gasteiger partial charge in [-0.2, -0.15) is 5.26 Å². The third-order valence-electron chi connectivity index (χ3n) is 1.83. The summed E-state index contributed by atoms with van der Waals surface area (Å²) in [6.07, 6.45) is 0. The molecule has 0 radical (unpaired) electrons. The molecule has 4 nitrogen and oxygen atoms in total.